The lowest BCUT2D eigenvalue weighted by Gasteiger charge is -2.10. The van der Waals surface area contributed by atoms with Crippen molar-refractivity contribution < 1.29 is 18.3 Å². The SMILES string of the molecule is COc1ccc(CCNC(=O)c2cncc(Nc3c(F)cccc3F)c2)cc1. The fourth-order valence-electron chi connectivity index (χ4n) is 2.61. The minimum absolute atomic E-state index is 0.288. The molecule has 0 bridgehead atoms. The Bertz CT molecular complexity index is 942. The number of halogens is 2. The predicted octanol–water partition coefficient (Wildman–Crippen LogP) is 4.08. The van der Waals surface area contributed by atoms with E-state index < -0.39 is 11.6 Å². The summed E-state index contributed by atoms with van der Waals surface area (Å²) in [6.45, 7) is 0.435. The molecule has 1 heterocycles. The summed E-state index contributed by atoms with van der Waals surface area (Å²) < 4.78 is 32.6. The van der Waals surface area contributed by atoms with Gasteiger partial charge in [-0.3, -0.25) is 9.78 Å². The zero-order chi connectivity index (χ0) is 19.9. The van der Waals surface area contributed by atoms with Gasteiger partial charge < -0.3 is 15.4 Å². The van der Waals surface area contributed by atoms with E-state index in [0.717, 1.165) is 23.4 Å². The summed E-state index contributed by atoms with van der Waals surface area (Å²) in [5.74, 6) is -1.00. The summed E-state index contributed by atoms with van der Waals surface area (Å²) in [5.41, 5.74) is 1.37. The number of amides is 1. The molecule has 3 aromatic rings. The highest BCUT2D eigenvalue weighted by atomic mass is 19.1. The van der Waals surface area contributed by atoms with E-state index in [4.69, 9.17) is 4.74 Å². The van der Waals surface area contributed by atoms with Crippen LogP contribution in [0.15, 0.2) is 60.9 Å². The number of benzene rings is 2. The summed E-state index contributed by atoms with van der Waals surface area (Å²) >= 11 is 0. The van der Waals surface area contributed by atoms with Crippen LogP contribution in [-0.2, 0) is 6.42 Å². The van der Waals surface area contributed by atoms with Crippen molar-refractivity contribution >= 4 is 17.3 Å². The molecule has 0 aliphatic heterocycles. The third-order valence-corrected chi connectivity index (χ3v) is 4.09. The van der Waals surface area contributed by atoms with Gasteiger partial charge in [0.2, 0.25) is 0 Å². The van der Waals surface area contributed by atoms with Crippen LogP contribution in [0.3, 0.4) is 0 Å². The minimum atomic E-state index is -0.727. The number of ether oxygens (including phenoxy) is 1. The van der Waals surface area contributed by atoms with Crippen LogP contribution in [0.1, 0.15) is 15.9 Å². The van der Waals surface area contributed by atoms with Crippen LogP contribution in [-0.4, -0.2) is 24.5 Å². The third kappa shape index (κ3) is 4.82. The fourth-order valence-corrected chi connectivity index (χ4v) is 2.61. The number of methoxy groups -OCH3 is 1. The lowest BCUT2D eigenvalue weighted by Crippen LogP contribution is -2.25. The van der Waals surface area contributed by atoms with Crippen molar-refractivity contribution in [2.75, 3.05) is 19.0 Å². The number of anilines is 2. The summed E-state index contributed by atoms with van der Waals surface area (Å²) in [6, 6.07) is 12.6. The van der Waals surface area contributed by atoms with Crippen molar-refractivity contribution in [3.8, 4) is 5.75 Å². The molecule has 0 aliphatic rings. The van der Waals surface area contributed by atoms with Crippen LogP contribution in [0, 0.1) is 11.6 Å². The molecule has 0 radical (unpaired) electrons. The van der Waals surface area contributed by atoms with Gasteiger partial charge in [-0.1, -0.05) is 18.2 Å². The number of carbonyl (C=O) groups excluding carboxylic acids is 1. The first-order chi connectivity index (χ1) is 13.6. The minimum Gasteiger partial charge on any atom is -0.497 e. The molecule has 0 fully saturated rings. The van der Waals surface area contributed by atoms with E-state index in [-0.39, 0.29) is 17.2 Å². The van der Waals surface area contributed by atoms with Crippen molar-refractivity contribution in [2.24, 2.45) is 0 Å². The van der Waals surface area contributed by atoms with Crippen molar-refractivity contribution in [2.45, 2.75) is 6.42 Å². The van der Waals surface area contributed by atoms with Crippen molar-refractivity contribution in [3.05, 3.63) is 83.7 Å². The van der Waals surface area contributed by atoms with Gasteiger partial charge in [-0.15, -0.1) is 0 Å². The average Bonchev–Trinajstić information content (AvgIpc) is 2.71. The van der Waals surface area contributed by atoms with Gasteiger partial charge in [-0.25, -0.2) is 8.78 Å². The highest BCUT2D eigenvalue weighted by Gasteiger charge is 2.11. The Morgan fingerprint density at radius 2 is 1.79 bits per heavy atom. The van der Waals surface area contributed by atoms with Crippen molar-refractivity contribution in [1.29, 1.82) is 0 Å². The van der Waals surface area contributed by atoms with Crippen LogP contribution in [0.5, 0.6) is 5.75 Å². The molecule has 2 aromatic carbocycles. The first kappa shape index (κ1) is 19.3. The number of hydrogen-bond acceptors (Lipinski definition) is 4. The van der Waals surface area contributed by atoms with E-state index in [9.17, 15) is 13.6 Å². The summed E-state index contributed by atoms with van der Waals surface area (Å²) in [6.07, 6.45) is 3.44. The van der Waals surface area contributed by atoms with Gasteiger partial charge in [0.1, 0.15) is 23.1 Å². The highest BCUT2D eigenvalue weighted by molar-refractivity contribution is 5.94. The first-order valence-corrected chi connectivity index (χ1v) is 8.64. The van der Waals surface area contributed by atoms with Crippen molar-refractivity contribution in [1.82, 2.24) is 10.3 Å². The number of pyridine rings is 1. The van der Waals surface area contributed by atoms with E-state index in [1.807, 2.05) is 24.3 Å². The number of rotatable bonds is 7. The zero-order valence-corrected chi connectivity index (χ0v) is 15.2. The molecule has 0 unspecified atom stereocenters. The molecule has 0 saturated heterocycles. The van der Waals surface area contributed by atoms with Crippen LogP contribution in [0.2, 0.25) is 0 Å². The molecular formula is C21H19F2N3O2. The third-order valence-electron chi connectivity index (χ3n) is 4.09. The second-order valence-corrected chi connectivity index (χ2v) is 6.04. The van der Waals surface area contributed by atoms with Gasteiger partial charge in [-0.2, -0.15) is 0 Å². The van der Waals surface area contributed by atoms with Crippen LogP contribution < -0.4 is 15.4 Å². The number of nitrogens with zero attached hydrogens (tertiary/aromatic N) is 1. The molecule has 0 atom stereocenters. The summed E-state index contributed by atoms with van der Waals surface area (Å²) in [7, 11) is 1.60. The largest absolute Gasteiger partial charge is 0.497 e. The van der Waals surface area contributed by atoms with Gasteiger partial charge in [0.15, 0.2) is 0 Å². The van der Waals surface area contributed by atoms with Gasteiger partial charge in [0, 0.05) is 12.7 Å². The first-order valence-electron chi connectivity index (χ1n) is 8.64. The van der Waals surface area contributed by atoms with Crippen LogP contribution >= 0.6 is 0 Å². The Hall–Kier alpha value is -3.48. The van der Waals surface area contributed by atoms with Gasteiger partial charge in [0.25, 0.3) is 5.91 Å². The normalized spacial score (nSPS) is 10.4. The molecule has 1 aromatic heterocycles. The monoisotopic (exact) mass is 383 g/mol. The Balaban J connectivity index is 1.60. The van der Waals surface area contributed by atoms with Crippen molar-refractivity contribution in [3.63, 3.8) is 0 Å². The fraction of sp³-hybridized carbons (Fsp3) is 0.143. The molecule has 5 nitrogen and oxygen atoms in total. The Morgan fingerprint density at radius 3 is 2.46 bits per heavy atom. The zero-order valence-electron chi connectivity index (χ0n) is 15.2. The molecule has 2 N–H and O–H groups in total. The van der Waals surface area contributed by atoms with Crippen LogP contribution in [0.25, 0.3) is 0 Å². The highest BCUT2D eigenvalue weighted by Crippen LogP contribution is 2.23. The Labute approximate surface area is 161 Å². The topological polar surface area (TPSA) is 63.2 Å². The molecule has 0 spiro atoms. The standard InChI is InChI=1S/C21H19F2N3O2/c1-28-17-7-5-14(6-8-17)9-10-25-21(27)15-11-16(13-24-12-15)26-20-18(22)3-2-4-19(20)23/h2-8,11-13,26H,9-10H2,1H3,(H,25,27). The van der Waals surface area contributed by atoms with Crippen LogP contribution in [0.4, 0.5) is 20.2 Å². The smallest absolute Gasteiger partial charge is 0.252 e. The molecule has 28 heavy (non-hydrogen) atoms. The van der Waals surface area contributed by atoms with Gasteiger partial charge in [0.05, 0.1) is 24.6 Å². The number of aromatic nitrogens is 1. The molecule has 0 saturated carbocycles. The predicted molar refractivity (Wildman–Crippen MR) is 103 cm³/mol. The average molecular weight is 383 g/mol. The Morgan fingerprint density at radius 1 is 1.07 bits per heavy atom. The lowest BCUT2D eigenvalue weighted by molar-refractivity contribution is 0.0954. The molecular weight excluding hydrogens is 364 g/mol. The second kappa shape index (κ2) is 8.94. The number of hydrogen-bond donors (Lipinski definition) is 2. The van der Waals surface area contributed by atoms with E-state index in [1.165, 1.54) is 24.5 Å². The Kier molecular flexibility index (Phi) is 6.16. The molecule has 0 aliphatic carbocycles. The van der Waals surface area contributed by atoms with E-state index >= 15 is 0 Å². The molecule has 1 amide bonds. The summed E-state index contributed by atoms with van der Waals surface area (Å²) in [5, 5.41) is 5.43. The maximum absolute atomic E-state index is 13.8. The van der Waals surface area contributed by atoms with E-state index in [2.05, 4.69) is 15.6 Å². The molecule has 144 valence electrons. The van der Waals surface area contributed by atoms with E-state index in [0.29, 0.717) is 18.7 Å². The van der Waals surface area contributed by atoms with Gasteiger partial charge >= 0.3 is 0 Å². The van der Waals surface area contributed by atoms with E-state index in [1.54, 1.807) is 7.11 Å². The van der Waals surface area contributed by atoms with Gasteiger partial charge in [-0.05, 0) is 42.3 Å². The molecule has 7 heteroatoms. The summed E-state index contributed by atoms with van der Waals surface area (Å²) in [4.78, 5) is 16.3. The lowest BCUT2D eigenvalue weighted by atomic mass is 10.1. The maximum atomic E-state index is 13.8. The number of carbonyl (C=O) groups is 1. The maximum Gasteiger partial charge on any atom is 0.252 e. The number of nitrogens with one attached hydrogen (secondary N) is 2. The molecule has 3 rings (SSSR count). The second-order valence-electron chi connectivity index (χ2n) is 6.04. The number of para-hydroxylation sites is 1. The quantitative estimate of drug-likeness (QED) is 0.645.